The fourth-order valence-corrected chi connectivity index (χ4v) is 8.87. The number of hydrogen-bond donors (Lipinski definition) is 1. The van der Waals surface area contributed by atoms with Crippen LogP contribution in [-0.2, 0) is 4.43 Å². The van der Waals surface area contributed by atoms with E-state index < -0.39 is 8.32 Å². The molecule has 1 heterocycles. The molecular formula is C23H33NOSi. The van der Waals surface area contributed by atoms with Crippen LogP contribution >= 0.6 is 0 Å². The van der Waals surface area contributed by atoms with Crippen molar-refractivity contribution in [1.82, 2.24) is 5.32 Å². The highest BCUT2D eigenvalue weighted by atomic mass is 28.4. The van der Waals surface area contributed by atoms with E-state index in [0.717, 1.165) is 19.6 Å². The molecule has 2 nitrogen and oxygen atoms in total. The topological polar surface area (TPSA) is 21.3 Å². The molecule has 1 atom stereocenters. The van der Waals surface area contributed by atoms with Crippen molar-refractivity contribution < 1.29 is 4.43 Å². The van der Waals surface area contributed by atoms with Crippen molar-refractivity contribution >= 4 is 18.7 Å². The van der Waals surface area contributed by atoms with E-state index in [2.05, 4.69) is 86.8 Å². The van der Waals surface area contributed by atoms with Gasteiger partial charge in [0.15, 0.2) is 0 Å². The molecule has 0 radical (unpaired) electrons. The van der Waals surface area contributed by atoms with Crippen LogP contribution in [0.3, 0.4) is 0 Å². The Bertz CT molecular complexity index is 620. The molecule has 3 rings (SSSR count). The van der Waals surface area contributed by atoms with E-state index in [1.807, 2.05) is 0 Å². The maximum Gasteiger partial charge on any atom is 0.261 e. The molecule has 1 fully saturated rings. The van der Waals surface area contributed by atoms with Gasteiger partial charge in [0.25, 0.3) is 8.32 Å². The Morgan fingerprint density at radius 3 is 1.96 bits per heavy atom. The largest absolute Gasteiger partial charge is 0.407 e. The molecule has 0 bridgehead atoms. The lowest BCUT2D eigenvalue weighted by Crippen LogP contribution is -2.66. The van der Waals surface area contributed by atoms with Gasteiger partial charge in [0.05, 0.1) is 0 Å². The summed E-state index contributed by atoms with van der Waals surface area (Å²) in [5.41, 5.74) is 0. The molecule has 0 unspecified atom stereocenters. The summed E-state index contributed by atoms with van der Waals surface area (Å²) < 4.78 is 6.97. The van der Waals surface area contributed by atoms with Crippen molar-refractivity contribution in [2.24, 2.45) is 0 Å². The summed E-state index contributed by atoms with van der Waals surface area (Å²) in [7, 11) is -2.36. The zero-order chi connectivity index (χ0) is 18.5. The van der Waals surface area contributed by atoms with Crippen LogP contribution in [0.25, 0.3) is 0 Å². The molecule has 1 saturated heterocycles. The predicted octanol–water partition coefficient (Wildman–Crippen LogP) is 4.10. The maximum atomic E-state index is 6.97. The molecule has 0 aliphatic carbocycles. The lowest BCUT2D eigenvalue weighted by atomic mass is 10.0. The molecule has 2 aromatic rings. The van der Waals surface area contributed by atoms with Gasteiger partial charge in [-0.15, -0.1) is 0 Å². The van der Waals surface area contributed by atoms with Crippen LogP contribution in [0.2, 0.25) is 5.04 Å². The second-order valence-corrected chi connectivity index (χ2v) is 12.8. The Labute approximate surface area is 160 Å². The Morgan fingerprint density at radius 2 is 1.50 bits per heavy atom. The second kappa shape index (κ2) is 8.51. The SMILES string of the molecule is CC(C)(C)[Si](OCC[C@@H]1CCCCN1)(c1ccccc1)c1ccccc1. The quantitative estimate of drug-likeness (QED) is 0.776. The van der Waals surface area contributed by atoms with E-state index in [1.54, 1.807) is 0 Å². The normalized spacial score (nSPS) is 18.7. The molecule has 1 N–H and O–H groups in total. The third kappa shape index (κ3) is 4.11. The highest BCUT2D eigenvalue weighted by Gasteiger charge is 2.50. The highest BCUT2D eigenvalue weighted by molar-refractivity contribution is 6.99. The van der Waals surface area contributed by atoms with Crippen molar-refractivity contribution in [2.75, 3.05) is 13.2 Å². The Morgan fingerprint density at radius 1 is 0.923 bits per heavy atom. The second-order valence-electron chi connectivity index (χ2n) is 8.45. The van der Waals surface area contributed by atoms with E-state index in [9.17, 15) is 0 Å². The van der Waals surface area contributed by atoms with Crippen molar-refractivity contribution in [3.63, 3.8) is 0 Å². The first-order chi connectivity index (χ1) is 12.5. The van der Waals surface area contributed by atoms with Crippen LogP contribution in [0.5, 0.6) is 0 Å². The monoisotopic (exact) mass is 367 g/mol. The van der Waals surface area contributed by atoms with Gasteiger partial charge in [-0.2, -0.15) is 0 Å². The zero-order valence-corrected chi connectivity index (χ0v) is 17.5. The van der Waals surface area contributed by atoms with Crippen molar-refractivity contribution in [1.29, 1.82) is 0 Å². The summed E-state index contributed by atoms with van der Waals surface area (Å²) in [4.78, 5) is 0. The third-order valence-corrected chi connectivity index (χ3v) is 10.7. The number of benzene rings is 2. The summed E-state index contributed by atoms with van der Waals surface area (Å²) in [5, 5.41) is 6.47. The van der Waals surface area contributed by atoms with Crippen LogP contribution in [0.15, 0.2) is 60.7 Å². The lowest BCUT2D eigenvalue weighted by Gasteiger charge is -2.43. The van der Waals surface area contributed by atoms with Gasteiger partial charge < -0.3 is 9.74 Å². The van der Waals surface area contributed by atoms with Crippen LogP contribution in [0.4, 0.5) is 0 Å². The van der Waals surface area contributed by atoms with Crippen LogP contribution in [-0.4, -0.2) is 27.5 Å². The molecule has 0 spiro atoms. The van der Waals surface area contributed by atoms with Gasteiger partial charge in [-0.3, -0.25) is 0 Å². The third-order valence-electron chi connectivity index (χ3n) is 5.61. The number of piperidine rings is 1. The van der Waals surface area contributed by atoms with Crippen molar-refractivity contribution in [3.8, 4) is 0 Å². The molecule has 26 heavy (non-hydrogen) atoms. The van der Waals surface area contributed by atoms with Gasteiger partial charge in [-0.25, -0.2) is 0 Å². The molecule has 0 aromatic heterocycles. The summed E-state index contributed by atoms with van der Waals surface area (Å²) in [6, 6.07) is 22.5. The van der Waals surface area contributed by atoms with Crippen LogP contribution in [0.1, 0.15) is 46.5 Å². The van der Waals surface area contributed by atoms with Crippen LogP contribution in [0, 0.1) is 0 Å². The number of nitrogens with one attached hydrogen (secondary N) is 1. The molecule has 0 amide bonds. The minimum Gasteiger partial charge on any atom is -0.407 e. The highest BCUT2D eigenvalue weighted by Crippen LogP contribution is 2.36. The van der Waals surface area contributed by atoms with E-state index >= 15 is 0 Å². The molecule has 2 aromatic carbocycles. The van der Waals surface area contributed by atoms with Gasteiger partial charge in [-0.1, -0.05) is 87.9 Å². The van der Waals surface area contributed by atoms with E-state index in [0.29, 0.717) is 6.04 Å². The first kappa shape index (κ1) is 19.3. The number of rotatable bonds is 6. The maximum absolute atomic E-state index is 6.97. The van der Waals surface area contributed by atoms with E-state index in [-0.39, 0.29) is 5.04 Å². The van der Waals surface area contributed by atoms with Gasteiger partial charge in [0, 0.05) is 12.6 Å². The zero-order valence-electron chi connectivity index (χ0n) is 16.5. The van der Waals surface area contributed by atoms with Crippen LogP contribution < -0.4 is 15.7 Å². The summed E-state index contributed by atoms with van der Waals surface area (Å²) in [5.74, 6) is 0. The van der Waals surface area contributed by atoms with Gasteiger partial charge in [-0.05, 0) is 41.2 Å². The minimum absolute atomic E-state index is 0.0652. The average Bonchev–Trinajstić information content (AvgIpc) is 2.66. The summed E-state index contributed by atoms with van der Waals surface area (Å²) in [6.45, 7) is 9.02. The predicted molar refractivity (Wildman–Crippen MR) is 114 cm³/mol. The summed E-state index contributed by atoms with van der Waals surface area (Å²) in [6.07, 6.45) is 5.04. The Kier molecular flexibility index (Phi) is 6.33. The van der Waals surface area contributed by atoms with E-state index in [1.165, 1.54) is 29.6 Å². The van der Waals surface area contributed by atoms with Crippen molar-refractivity contribution in [3.05, 3.63) is 60.7 Å². The first-order valence-electron chi connectivity index (χ1n) is 10.0. The van der Waals surface area contributed by atoms with Gasteiger partial charge >= 0.3 is 0 Å². The Balaban J connectivity index is 1.92. The fraction of sp³-hybridized carbons (Fsp3) is 0.478. The molecule has 1 aliphatic rings. The molecular weight excluding hydrogens is 334 g/mol. The average molecular weight is 368 g/mol. The minimum atomic E-state index is -2.36. The molecule has 3 heteroatoms. The lowest BCUT2D eigenvalue weighted by molar-refractivity contribution is 0.255. The smallest absolute Gasteiger partial charge is 0.261 e. The molecule has 0 saturated carbocycles. The molecule has 140 valence electrons. The van der Waals surface area contributed by atoms with Gasteiger partial charge in [0.1, 0.15) is 0 Å². The molecule has 1 aliphatic heterocycles. The number of hydrogen-bond acceptors (Lipinski definition) is 2. The summed E-state index contributed by atoms with van der Waals surface area (Å²) >= 11 is 0. The first-order valence-corrected chi connectivity index (χ1v) is 11.9. The van der Waals surface area contributed by atoms with Gasteiger partial charge in [0.2, 0.25) is 0 Å². The fourth-order valence-electron chi connectivity index (χ4n) is 4.29. The van der Waals surface area contributed by atoms with Crippen molar-refractivity contribution in [2.45, 2.75) is 57.5 Å². The van der Waals surface area contributed by atoms with E-state index in [4.69, 9.17) is 4.43 Å². The Hall–Kier alpha value is -1.42. The standard InChI is InChI=1S/C23H33NOSi/c1-23(2,3)26(21-13-6-4-7-14-21,22-15-8-5-9-16-22)25-19-17-20-12-10-11-18-24-20/h4-9,13-16,20,24H,10-12,17-19H2,1-3H3/t20-/m0/s1.